The van der Waals surface area contributed by atoms with E-state index in [1.54, 1.807) is 30.3 Å². The Balaban J connectivity index is 0.00000110. The van der Waals surface area contributed by atoms with Gasteiger partial charge in [0, 0.05) is 20.2 Å². The summed E-state index contributed by atoms with van der Waals surface area (Å²) < 4.78 is 1.79. The normalized spacial score (nSPS) is 9.90. The van der Waals surface area contributed by atoms with Crippen LogP contribution in [-0.2, 0) is 0 Å². The highest BCUT2D eigenvalue weighted by Gasteiger charge is 2.11. The lowest BCUT2D eigenvalue weighted by Crippen LogP contribution is -1.95. The molecule has 21 heavy (non-hydrogen) atoms. The average molecular weight is 345 g/mol. The van der Waals surface area contributed by atoms with Gasteiger partial charge in [-0.1, -0.05) is 6.07 Å². The standard InChI is InChI=1S/C14H8O4S.2ClH/c15-13(16)7-2-4-11-10(5-7)9-3-1-8(14(17)18)6-12(9)19-11;;/h1-6H,(H,15,16)(H,17,18);2*1H. The van der Waals surface area contributed by atoms with E-state index in [1.165, 1.54) is 17.4 Å². The molecule has 1 heterocycles. The Morgan fingerprint density at radius 2 is 1.33 bits per heavy atom. The molecule has 7 heteroatoms. The molecule has 2 aromatic carbocycles. The molecule has 0 saturated carbocycles. The van der Waals surface area contributed by atoms with E-state index in [2.05, 4.69) is 0 Å². The lowest BCUT2D eigenvalue weighted by Gasteiger charge is -1.96. The van der Waals surface area contributed by atoms with E-state index < -0.39 is 11.9 Å². The minimum Gasteiger partial charge on any atom is -0.478 e. The van der Waals surface area contributed by atoms with Crippen LogP contribution in [0.3, 0.4) is 0 Å². The van der Waals surface area contributed by atoms with Gasteiger partial charge in [-0.05, 0) is 30.3 Å². The average Bonchev–Trinajstić information content (AvgIpc) is 2.74. The van der Waals surface area contributed by atoms with Crippen molar-refractivity contribution in [2.45, 2.75) is 0 Å². The summed E-state index contributed by atoms with van der Waals surface area (Å²) in [5.74, 6) is -1.94. The molecule has 0 saturated heterocycles. The van der Waals surface area contributed by atoms with Gasteiger partial charge in [0.25, 0.3) is 0 Å². The molecule has 0 aliphatic heterocycles. The van der Waals surface area contributed by atoms with Crippen molar-refractivity contribution >= 4 is 68.3 Å². The maximum atomic E-state index is 11.0. The van der Waals surface area contributed by atoms with Gasteiger partial charge in [0.15, 0.2) is 0 Å². The highest BCUT2D eigenvalue weighted by molar-refractivity contribution is 7.25. The molecular formula is C14H10Cl2O4S. The maximum Gasteiger partial charge on any atom is 0.335 e. The predicted octanol–water partition coefficient (Wildman–Crippen LogP) is 4.29. The number of carboxylic acids is 2. The Morgan fingerprint density at radius 3 is 1.95 bits per heavy atom. The molecule has 1 aromatic heterocycles. The number of rotatable bonds is 2. The van der Waals surface area contributed by atoms with Crippen LogP contribution in [0, 0.1) is 0 Å². The van der Waals surface area contributed by atoms with E-state index in [0.717, 1.165) is 20.2 Å². The minimum atomic E-state index is -0.969. The van der Waals surface area contributed by atoms with Gasteiger partial charge in [-0.15, -0.1) is 36.2 Å². The van der Waals surface area contributed by atoms with Crippen LogP contribution < -0.4 is 0 Å². The maximum absolute atomic E-state index is 11.0. The van der Waals surface area contributed by atoms with E-state index in [9.17, 15) is 9.59 Å². The molecule has 0 unspecified atom stereocenters. The first-order chi connectivity index (χ1) is 9.06. The Morgan fingerprint density at radius 1 is 0.762 bits per heavy atom. The number of hydrogen-bond donors (Lipinski definition) is 2. The molecule has 0 bridgehead atoms. The summed E-state index contributed by atoms with van der Waals surface area (Å²) in [7, 11) is 0. The van der Waals surface area contributed by atoms with Gasteiger partial charge in [-0.2, -0.15) is 0 Å². The number of carbonyl (C=O) groups is 2. The molecule has 3 rings (SSSR count). The van der Waals surface area contributed by atoms with Crippen LogP contribution in [0.15, 0.2) is 36.4 Å². The number of benzene rings is 2. The van der Waals surface area contributed by atoms with Gasteiger partial charge in [0.1, 0.15) is 0 Å². The Bertz CT molecular complexity index is 841. The first-order valence-electron chi connectivity index (χ1n) is 5.49. The second-order valence-corrected chi connectivity index (χ2v) is 5.22. The Labute approximate surface area is 135 Å². The van der Waals surface area contributed by atoms with E-state index in [1.807, 2.05) is 0 Å². The molecule has 2 N–H and O–H groups in total. The topological polar surface area (TPSA) is 74.6 Å². The highest BCUT2D eigenvalue weighted by atomic mass is 35.5. The molecule has 0 fully saturated rings. The van der Waals surface area contributed by atoms with E-state index in [4.69, 9.17) is 10.2 Å². The second-order valence-electron chi connectivity index (χ2n) is 4.13. The molecular weight excluding hydrogens is 335 g/mol. The van der Waals surface area contributed by atoms with Gasteiger partial charge >= 0.3 is 11.9 Å². The van der Waals surface area contributed by atoms with Crippen molar-refractivity contribution in [2.75, 3.05) is 0 Å². The third kappa shape index (κ3) is 2.95. The molecule has 0 radical (unpaired) electrons. The minimum absolute atomic E-state index is 0. The molecule has 0 aliphatic rings. The number of aromatic carboxylic acids is 2. The van der Waals surface area contributed by atoms with Crippen LogP contribution >= 0.6 is 36.2 Å². The summed E-state index contributed by atoms with van der Waals surface area (Å²) >= 11 is 1.46. The first-order valence-corrected chi connectivity index (χ1v) is 6.31. The van der Waals surface area contributed by atoms with Crippen molar-refractivity contribution in [3.63, 3.8) is 0 Å². The molecule has 0 atom stereocenters. The van der Waals surface area contributed by atoms with E-state index in [0.29, 0.717) is 0 Å². The van der Waals surface area contributed by atoms with Gasteiger partial charge in [-0.3, -0.25) is 0 Å². The molecule has 110 valence electrons. The zero-order valence-corrected chi connectivity index (χ0v) is 12.8. The van der Waals surface area contributed by atoms with E-state index >= 15 is 0 Å². The summed E-state index contributed by atoms with van der Waals surface area (Å²) in [5, 5.41) is 19.7. The van der Waals surface area contributed by atoms with Crippen molar-refractivity contribution in [3.05, 3.63) is 47.5 Å². The summed E-state index contributed by atoms with van der Waals surface area (Å²) in [6, 6.07) is 9.80. The largest absolute Gasteiger partial charge is 0.478 e. The summed E-state index contributed by atoms with van der Waals surface area (Å²) in [5.41, 5.74) is 0.465. The summed E-state index contributed by atoms with van der Waals surface area (Å²) in [6.07, 6.45) is 0. The Hall–Kier alpha value is -1.82. The van der Waals surface area contributed by atoms with Gasteiger partial charge in [0.2, 0.25) is 0 Å². The number of thiophene rings is 1. The highest BCUT2D eigenvalue weighted by Crippen LogP contribution is 2.34. The number of hydrogen-bond acceptors (Lipinski definition) is 3. The third-order valence-corrected chi connectivity index (χ3v) is 4.10. The van der Waals surface area contributed by atoms with Crippen LogP contribution in [0.2, 0.25) is 0 Å². The molecule has 0 spiro atoms. The van der Waals surface area contributed by atoms with Crippen molar-refractivity contribution < 1.29 is 19.8 Å². The zero-order valence-electron chi connectivity index (χ0n) is 10.4. The molecule has 0 aliphatic carbocycles. The fourth-order valence-electron chi connectivity index (χ4n) is 2.04. The van der Waals surface area contributed by atoms with Crippen molar-refractivity contribution in [1.82, 2.24) is 0 Å². The lowest BCUT2D eigenvalue weighted by molar-refractivity contribution is 0.0686. The summed E-state index contributed by atoms with van der Waals surface area (Å²) in [6.45, 7) is 0. The third-order valence-electron chi connectivity index (χ3n) is 2.97. The van der Waals surface area contributed by atoms with Crippen molar-refractivity contribution in [2.24, 2.45) is 0 Å². The van der Waals surface area contributed by atoms with Crippen molar-refractivity contribution in [3.8, 4) is 0 Å². The van der Waals surface area contributed by atoms with Crippen LogP contribution in [-0.4, -0.2) is 22.2 Å². The van der Waals surface area contributed by atoms with Crippen LogP contribution in [0.1, 0.15) is 20.7 Å². The van der Waals surface area contributed by atoms with Crippen molar-refractivity contribution in [1.29, 1.82) is 0 Å². The molecule has 0 amide bonds. The predicted molar refractivity (Wildman–Crippen MR) is 87.7 cm³/mol. The lowest BCUT2D eigenvalue weighted by atomic mass is 10.1. The fraction of sp³-hybridized carbons (Fsp3) is 0. The van der Waals surface area contributed by atoms with E-state index in [-0.39, 0.29) is 35.9 Å². The Kier molecular flexibility index (Phi) is 5.17. The summed E-state index contributed by atoms with van der Waals surface area (Å²) in [4.78, 5) is 21.9. The zero-order chi connectivity index (χ0) is 13.6. The monoisotopic (exact) mass is 344 g/mol. The van der Waals surface area contributed by atoms with Crippen LogP contribution in [0.4, 0.5) is 0 Å². The molecule has 4 nitrogen and oxygen atoms in total. The SMILES string of the molecule is Cl.Cl.O=C(O)c1ccc2c(c1)sc1ccc(C(=O)O)cc12. The van der Waals surface area contributed by atoms with Crippen LogP contribution in [0.5, 0.6) is 0 Å². The number of carboxylic acid groups (broad SMARTS) is 2. The quantitative estimate of drug-likeness (QED) is 0.726. The van der Waals surface area contributed by atoms with Gasteiger partial charge in [0.05, 0.1) is 11.1 Å². The smallest absolute Gasteiger partial charge is 0.335 e. The molecule has 3 aromatic rings. The van der Waals surface area contributed by atoms with Gasteiger partial charge < -0.3 is 10.2 Å². The number of halogens is 2. The second kappa shape index (κ2) is 6.30. The number of fused-ring (bicyclic) bond motifs is 3. The first kappa shape index (κ1) is 17.2. The van der Waals surface area contributed by atoms with Gasteiger partial charge in [-0.25, -0.2) is 9.59 Å². The fourth-order valence-corrected chi connectivity index (χ4v) is 3.17. The van der Waals surface area contributed by atoms with Crippen LogP contribution in [0.25, 0.3) is 20.2 Å².